The standard InChI is InChI=1S/C37H38ClFN6O/c1-43-14-11-26(20-43)27-16-37(12-4-13-45(37)21-27)22-46-36-41-34-29(35(42-36)44-18-23-9-10-24(15-23)19-44)17-40-33(32(34)39)28-7-2-5-25-6-3-8-30(38)31(25)28/h2-3,5-8,11,14,17,20,23-24,27H,4,9-10,12-13,15-16,18-19,21-22H2,1H3/t23?,24?,27-,37?/m1/s1. The van der Waals surface area contributed by atoms with E-state index in [0.29, 0.717) is 40.3 Å². The number of halogens is 2. The fraction of sp³-hybridized carbons (Fsp3) is 0.432. The summed E-state index contributed by atoms with van der Waals surface area (Å²) in [6.07, 6.45) is 13.1. The Kier molecular flexibility index (Phi) is 6.76. The second kappa shape index (κ2) is 10.9. The number of benzene rings is 2. The Morgan fingerprint density at radius 3 is 2.67 bits per heavy atom. The van der Waals surface area contributed by atoms with Crippen molar-refractivity contribution < 1.29 is 9.13 Å². The van der Waals surface area contributed by atoms with Crippen LogP contribution in [0.15, 0.2) is 61.1 Å². The molecule has 3 unspecified atom stereocenters. The summed E-state index contributed by atoms with van der Waals surface area (Å²) in [6.45, 7) is 4.43. The Labute approximate surface area is 273 Å². The van der Waals surface area contributed by atoms with E-state index in [1.54, 1.807) is 6.20 Å². The van der Waals surface area contributed by atoms with Gasteiger partial charge in [-0.15, -0.1) is 0 Å². The van der Waals surface area contributed by atoms with E-state index >= 15 is 4.39 Å². The van der Waals surface area contributed by atoms with Gasteiger partial charge in [0.15, 0.2) is 5.82 Å². The number of nitrogens with zero attached hydrogens (tertiary/aromatic N) is 6. The fourth-order valence-electron chi connectivity index (χ4n) is 9.10. The summed E-state index contributed by atoms with van der Waals surface area (Å²) in [5, 5.41) is 2.92. The molecule has 3 saturated heterocycles. The predicted molar refractivity (Wildman–Crippen MR) is 180 cm³/mol. The summed E-state index contributed by atoms with van der Waals surface area (Å²) >= 11 is 6.66. The summed E-state index contributed by atoms with van der Waals surface area (Å²) in [7, 11) is 2.08. The summed E-state index contributed by atoms with van der Waals surface area (Å²) in [4.78, 5) is 19.5. The van der Waals surface area contributed by atoms with Crippen LogP contribution >= 0.6 is 11.6 Å². The van der Waals surface area contributed by atoms with Gasteiger partial charge in [-0.2, -0.15) is 9.97 Å². The van der Waals surface area contributed by atoms with Gasteiger partial charge in [-0.1, -0.05) is 41.9 Å². The van der Waals surface area contributed by atoms with Gasteiger partial charge in [0.25, 0.3) is 0 Å². The first kappa shape index (κ1) is 28.5. The zero-order chi connectivity index (χ0) is 31.0. The number of rotatable bonds is 6. The number of piperidine rings is 1. The number of anilines is 1. The van der Waals surface area contributed by atoms with Crippen molar-refractivity contribution in [2.75, 3.05) is 37.7 Å². The number of aromatic nitrogens is 4. The molecule has 1 aliphatic carbocycles. The molecular formula is C37H38ClFN6O. The lowest BCUT2D eigenvalue weighted by atomic mass is 9.88. The first-order valence-corrected chi connectivity index (χ1v) is 17.1. The summed E-state index contributed by atoms with van der Waals surface area (Å²) in [5.74, 6) is 2.02. The Balaban J connectivity index is 1.12. The SMILES string of the molecule is Cn1ccc([C@H]2CN3CCCC3(COc3nc(N4CC5CCC(C5)C4)c4cnc(-c5cccc6cccc(Cl)c56)c(F)c4n3)C2)c1. The minimum Gasteiger partial charge on any atom is -0.461 e. The average Bonchev–Trinajstić information content (AvgIpc) is 3.83. The van der Waals surface area contributed by atoms with E-state index in [1.165, 1.54) is 24.8 Å². The highest BCUT2D eigenvalue weighted by Crippen LogP contribution is 2.46. The smallest absolute Gasteiger partial charge is 0.319 e. The summed E-state index contributed by atoms with van der Waals surface area (Å²) in [5.41, 5.74) is 2.46. The molecule has 9 heteroatoms. The van der Waals surface area contributed by atoms with Crippen LogP contribution in [0.2, 0.25) is 5.02 Å². The van der Waals surface area contributed by atoms with Gasteiger partial charge in [-0.3, -0.25) is 9.88 Å². The van der Waals surface area contributed by atoms with Crippen molar-refractivity contribution in [1.82, 2.24) is 24.4 Å². The van der Waals surface area contributed by atoms with E-state index in [1.807, 2.05) is 36.4 Å². The number of aryl methyl sites for hydroxylation is 1. The molecule has 1 saturated carbocycles. The predicted octanol–water partition coefficient (Wildman–Crippen LogP) is 7.61. The lowest BCUT2D eigenvalue weighted by Gasteiger charge is -2.34. The van der Waals surface area contributed by atoms with Gasteiger partial charge < -0.3 is 14.2 Å². The quantitative estimate of drug-likeness (QED) is 0.191. The highest BCUT2D eigenvalue weighted by atomic mass is 35.5. The van der Waals surface area contributed by atoms with Crippen molar-refractivity contribution in [3.63, 3.8) is 0 Å². The van der Waals surface area contributed by atoms with E-state index in [4.69, 9.17) is 31.3 Å². The largest absolute Gasteiger partial charge is 0.461 e. The molecule has 0 N–H and O–H groups in total. The Morgan fingerprint density at radius 1 is 1.04 bits per heavy atom. The minimum absolute atomic E-state index is 0.0646. The summed E-state index contributed by atoms with van der Waals surface area (Å²) < 4.78 is 25.5. The molecule has 4 fully saturated rings. The van der Waals surface area contributed by atoms with Crippen LogP contribution in [0.5, 0.6) is 6.01 Å². The van der Waals surface area contributed by atoms with Crippen LogP contribution in [0.1, 0.15) is 50.0 Å². The molecule has 0 spiro atoms. The third-order valence-electron chi connectivity index (χ3n) is 11.3. The van der Waals surface area contributed by atoms with Crippen molar-refractivity contribution in [1.29, 1.82) is 0 Å². The Bertz CT molecular complexity index is 1960. The average molecular weight is 637 g/mol. The molecule has 5 aromatic rings. The third-order valence-corrected chi connectivity index (χ3v) is 11.6. The molecule has 4 aliphatic rings. The van der Waals surface area contributed by atoms with E-state index in [9.17, 15) is 0 Å². The normalized spacial score (nSPS) is 26.0. The van der Waals surface area contributed by atoms with E-state index in [-0.39, 0.29) is 22.8 Å². The number of pyridine rings is 1. The van der Waals surface area contributed by atoms with Gasteiger partial charge >= 0.3 is 6.01 Å². The molecular weight excluding hydrogens is 599 g/mol. The van der Waals surface area contributed by atoms with Gasteiger partial charge in [-0.25, -0.2) is 4.39 Å². The third kappa shape index (κ3) is 4.67. The van der Waals surface area contributed by atoms with Gasteiger partial charge in [0, 0.05) is 67.2 Å². The second-order valence-corrected chi connectivity index (χ2v) is 14.6. The molecule has 3 aliphatic heterocycles. The molecule has 2 aromatic carbocycles. The van der Waals surface area contributed by atoms with Crippen LogP contribution < -0.4 is 9.64 Å². The second-order valence-electron chi connectivity index (χ2n) is 14.2. The molecule has 2 bridgehead atoms. The maximum Gasteiger partial charge on any atom is 0.319 e. The Morgan fingerprint density at radius 2 is 1.87 bits per heavy atom. The van der Waals surface area contributed by atoms with Crippen molar-refractivity contribution in [2.45, 2.75) is 50.0 Å². The van der Waals surface area contributed by atoms with Crippen molar-refractivity contribution >= 4 is 39.1 Å². The van der Waals surface area contributed by atoms with Crippen LogP contribution in [0.4, 0.5) is 10.2 Å². The maximum absolute atomic E-state index is 16.8. The van der Waals surface area contributed by atoms with Crippen molar-refractivity contribution in [3.05, 3.63) is 77.5 Å². The van der Waals surface area contributed by atoms with Gasteiger partial charge in [-0.05, 0) is 80.0 Å². The maximum atomic E-state index is 16.8. The fourth-order valence-corrected chi connectivity index (χ4v) is 9.38. The molecule has 0 radical (unpaired) electrons. The van der Waals surface area contributed by atoms with Crippen LogP contribution in [0, 0.1) is 17.7 Å². The monoisotopic (exact) mass is 636 g/mol. The highest BCUT2D eigenvalue weighted by molar-refractivity contribution is 6.36. The van der Waals surface area contributed by atoms with Gasteiger partial charge in [0.05, 0.1) is 10.9 Å². The Hall–Kier alpha value is -3.75. The van der Waals surface area contributed by atoms with Crippen molar-refractivity contribution in [2.24, 2.45) is 18.9 Å². The van der Waals surface area contributed by atoms with Gasteiger partial charge in [0.2, 0.25) is 0 Å². The molecule has 7 nitrogen and oxygen atoms in total. The molecule has 4 atom stereocenters. The molecule has 6 heterocycles. The molecule has 9 rings (SSSR count). The number of ether oxygens (including phenoxy) is 1. The lowest BCUT2D eigenvalue weighted by Crippen LogP contribution is -2.43. The molecule has 236 valence electrons. The van der Waals surface area contributed by atoms with Crippen LogP contribution in [0.3, 0.4) is 0 Å². The van der Waals surface area contributed by atoms with Crippen LogP contribution in [-0.2, 0) is 7.05 Å². The van der Waals surface area contributed by atoms with E-state index in [2.05, 4.69) is 39.9 Å². The topological polar surface area (TPSA) is 59.3 Å². The zero-order valence-corrected chi connectivity index (χ0v) is 26.9. The zero-order valence-electron chi connectivity index (χ0n) is 26.1. The highest BCUT2D eigenvalue weighted by Gasteiger charge is 2.49. The van der Waals surface area contributed by atoms with E-state index in [0.717, 1.165) is 62.0 Å². The molecule has 3 aromatic heterocycles. The minimum atomic E-state index is -0.468. The molecule has 46 heavy (non-hydrogen) atoms. The van der Waals surface area contributed by atoms with Crippen molar-refractivity contribution in [3.8, 4) is 17.3 Å². The number of hydrogen-bond donors (Lipinski definition) is 0. The first-order valence-electron chi connectivity index (χ1n) is 16.7. The van der Waals surface area contributed by atoms with Crippen LogP contribution in [-0.4, -0.2) is 62.7 Å². The first-order chi connectivity index (χ1) is 22.4. The van der Waals surface area contributed by atoms with E-state index < -0.39 is 5.82 Å². The lowest BCUT2D eigenvalue weighted by molar-refractivity contribution is 0.107. The van der Waals surface area contributed by atoms with Crippen LogP contribution in [0.25, 0.3) is 32.9 Å². The van der Waals surface area contributed by atoms with Gasteiger partial charge in [0.1, 0.15) is 23.6 Å². The molecule has 0 amide bonds. The summed E-state index contributed by atoms with van der Waals surface area (Å²) in [6, 6.07) is 14.0. The number of fused-ring (bicyclic) bond motifs is 5. The number of hydrogen-bond acceptors (Lipinski definition) is 6.